The first-order chi connectivity index (χ1) is 8.09. The van der Waals surface area contributed by atoms with E-state index in [2.05, 4.69) is 4.98 Å². The second-order valence-electron chi connectivity index (χ2n) is 4.21. The minimum Gasteiger partial charge on any atom is -0.394 e. The summed E-state index contributed by atoms with van der Waals surface area (Å²) in [6.07, 6.45) is 3.23. The molecule has 0 saturated carbocycles. The summed E-state index contributed by atoms with van der Waals surface area (Å²) in [4.78, 5) is 28.6. The standard InChI is InChI=1S/C12H10N2O2S/c1-5-2-3-14-9-8(5)11(16)12-6(10(9)15)4-7(13)17-12/h2-4,6,12H,13H2,1H3. The number of aryl methyl sites for hydroxylation is 1. The van der Waals surface area contributed by atoms with Gasteiger partial charge in [-0.15, -0.1) is 0 Å². The molecule has 86 valence electrons. The molecular formula is C12H10N2O2S. The van der Waals surface area contributed by atoms with Crippen LogP contribution in [-0.4, -0.2) is 21.8 Å². The number of allylic oxidation sites excluding steroid dienone is 1. The number of rotatable bonds is 0. The molecule has 2 aliphatic rings. The fourth-order valence-electron chi connectivity index (χ4n) is 2.31. The van der Waals surface area contributed by atoms with Gasteiger partial charge in [-0.3, -0.25) is 14.6 Å². The van der Waals surface area contributed by atoms with Gasteiger partial charge in [-0.2, -0.15) is 0 Å². The fourth-order valence-corrected chi connectivity index (χ4v) is 3.40. The van der Waals surface area contributed by atoms with E-state index in [1.807, 2.05) is 6.92 Å². The monoisotopic (exact) mass is 246 g/mol. The molecule has 4 nitrogen and oxygen atoms in total. The zero-order valence-corrected chi connectivity index (χ0v) is 9.95. The predicted octanol–water partition coefficient (Wildman–Crippen LogP) is 1.30. The van der Waals surface area contributed by atoms with Crippen LogP contribution in [0.2, 0.25) is 0 Å². The number of aromatic nitrogens is 1. The summed E-state index contributed by atoms with van der Waals surface area (Å²) in [6.45, 7) is 1.82. The second kappa shape index (κ2) is 3.43. The number of hydrogen-bond acceptors (Lipinski definition) is 5. The van der Waals surface area contributed by atoms with Crippen molar-refractivity contribution in [3.8, 4) is 0 Å². The molecule has 2 heterocycles. The summed E-state index contributed by atoms with van der Waals surface area (Å²) in [6, 6.07) is 1.75. The smallest absolute Gasteiger partial charge is 0.190 e. The SMILES string of the molecule is Cc1ccnc2c1C(=O)C1SC(N)=CC1C2=O. The van der Waals surface area contributed by atoms with E-state index in [1.165, 1.54) is 11.8 Å². The first kappa shape index (κ1) is 10.5. The van der Waals surface area contributed by atoms with Crippen LogP contribution in [0, 0.1) is 12.8 Å². The van der Waals surface area contributed by atoms with Gasteiger partial charge in [0.05, 0.1) is 21.8 Å². The van der Waals surface area contributed by atoms with Crippen LogP contribution in [0.25, 0.3) is 0 Å². The Morgan fingerprint density at radius 2 is 2.12 bits per heavy atom. The molecular weight excluding hydrogens is 236 g/mol. The molecule has 0 aromatic carbocycles. The molecule has 1 aliphatic carbocycles. The molecule has 0 amide bonds. The Morgan fingerprint density at radius 3 is 2.88 bits per heavy atom. The topological polar surface area (TPSA) is 73.1 Å². The van der Waals surface area contributed by atoms with Gasteiger partial charge in [-0.1, -0.05) is 11.8 Å². The van der Waals surface area contributed by atoms with Crippen molar-refractivity contribution in [3.05, 3.63) is 40.2 Å². The van der Waals surface area contributed by atoms with Gasteiger partial charge in [0.25, 0.3) is 0 Å². The lowest BCUT2D eigenvalue weighted by Gasteiger charge is -2.24. The van der Waals surface area contributed by atoms with Crippen molar-refractivity contribution in [1.29, 1.82) is 0 Å². The van der Waals surface area contributed by atoms with Crippen molar-refractivity contribution in [2.24, 2.45) is 11.7 Å². The van der Waals surface area contributed by atoms with Crippen molar-refractivity contribution in [1.82, 2.24) is 4.98 Å². The van der Waals surface area contributed by atoms with Gasteiger partial charge in [0.2, 0.25) is 0 Å². The Bertz CT molecular complexity index is 580. The molecule has 0 fully saturated rings. The minimum absolute atomic E-state index is 0.0306. The second-order valence-corrected chi connectivity index (χ2v) is 5.43. The van der Waals surface area contributed by atoms with E-state index in [4.69, 9.17) is 5.73 Å². The third-order valence-corrected chi connectivity index (χ3v) is 4.30. The van der Waals surface area contributed by atoms with Crippen LogP contribution < -0.4 is 5.73 Å². The maximum atomic E-state index is 12.3. The molecule has 1 aliphatic heterocycles. The van der Waals surface area contributed by atoms with Crippen molar-refractivity contribution in [3.63, 3.8) is 0 Å². The van der Waals surface area contributed by atoms with Crippen LogP contribution in [0.4, 0.5) is 0 Å². The number of thioether (sulfide) groups is 1. The lowest BCUT2D eigenvalue weighted by atomic mass is 9.83. The van der Waals surface area contributed by atoms with E-state index in [-0.39, 0.29) is 11.6 Å². The first-order valence-electron chi connectivity index (χ1n) is 5.27. The molecule has 1 aromatic rings. The van der Waals surface area contributed by atoms with Crippen molar-refractivity contribution in [2.75, 3.05) is 0 Å². The normalized spacial score (nSPS) is 26.5. The van der Waals surface area contributed by atoms with Crippen LogP contribution in [0.5, 0.6) is 0 Å². The number of fused-ring (bicyclic) bond motifs is 2. The van der Waals surface area contributed by atoms with Gasteiger partial charge < -0.3 is 5.73 Å². The molecule has 5 heteroatoms. The van der Waals surface area contributed by atoms with Crippen LogP contribution >= 0.6 is 11.8 Å². The van der Waals surface area contributed by atoms with Gasteiger partial charge in [0, 0.05) is 6.20 Å². The zero-order valence-electron chi connectivity index (χ0n) is 9.14. The number of ketones is 2. The summed E-state index contributed by atoms with van der Waals surface area (Å²) in [7, 11) is 0. The summed E-state index contributed by atoms with van der Waals surface area (Å²) in [5, 5.41) is 0.157. The average Bonchev–Trinajstić information content (AvgIpc) is 2.68. The minimum atomic E-state index is -0.436. The molecule has 0 bridgehead atoms. The molecule has 2 atom stereocenters. The number of pyridine rings is 1. The van der Waals surface area contributed by atoms with E-state index >= 15 is 0 Å². The number of carbonyl (C=O) groups excluding carboxylic acids is 2. The first-order valence-corrected chi connectivity index (χ1v) is 6.15. The van der Waals surface area contributed by atoms with Crippen molar-refractivity contribution < 1.29 is 9.59 Å². The molecule has 0 saturated heterocycles. The molecule has 0 spiro atoms. The summed E-state index contributed by atoms with van der Waals surface area (Å²) >= 11 is 1.27. The van der Waals surface area contributed by atoms with Crippen LogP contribution in [0.3, 0.4) is 0 Å². The van der Waals surface area contributed by atoms with Crippen LogP contribution in [0.1, 0.15) is 26.4 Å². The summed E-state index contributed by atoms with van der Waals surface area (Å²) in [5.41, 5.74) is 7.26. The van der Waals surface area contributed by atoms with Crippen molar-refractivity contribution in [2.45, 2.75) is 12.2 Å². The molecule has 2 unspecified atom stereocenters. The molecule has 1 aromatic heterocycles. The number of hydrogen-bond donors (Lipinski definition) is 1. The van der Waals surface area contributed by atoms with E-state index in [9.17, 15) is 9.59 Å². The van der Waals surface area contributed by atoms with Gasteiger partial charge in [-0.05, 0) is 24.6 Å². The molecule has 2 N–H and O–H groups in total. The quantitative estimate of drug-likeness (QED) is 0.747. The Labute approximate surface area is 102 Å². The van der Waals surface area contributed by atoms with Gasteiger partial charge in [0.1, 0.15) is 5.69 Å². The highest BCUT2D eigenvalue weighted by Gasteiger charge is 2.45. The predicted molar refractivity (Wildman–Crippen MR) is 64.8 cm³/mol. The Morgan fingerprint density at radius 1 is 1.35 bits per heavy atom. The molecule has 17 heavy (non-hydrogen) atoms. The van der Waals surface area contributed by atoms with E-state index in [0.29, 0.717) is 16.3 Å². The Hall–Kier alpha value is -1.62. The highest BCUT2D eigenvalue weighted by molar-refractivity contribution is 8.04. The maximum Gasteiger partial charge on any atom is 0.190 e. The molecule has 3 rings (SSSR count). The summed E-state index contributed by atoms with van der Waals surface area (Å²) in [5.74, 6) is -0.563. The number of Topliss-reactive ketones (excluding diaryl/α,β-unsaturated/α-hetero) is 2. The third-order valence-electron chi connectivity index (χ3n) is 3.13. The number of nitrogens with zero attached hydrogens (tertiary/aromatic N) is 1. The molecule has 0 radical (unpaired) electrons. The number of nitrogens with two attached hydrogens (primary N) is 1. The Balaban J connectivity index is 2.21. The lowest BCUT2D eigenvalue weighted by molar-refractivity contribution is 0.0855. The summed E-state index contributed by atoms with van der Waals surface area (Å²) < 4.78 is 0. The Kier molecular flexibility index (Phi) is 2.13. The largest absolute Gasteiger partial charge is 0.394 e. The average molecular weight is 246 g/mol. The van der Waals surface area contributed by atoms with E-state index in [1.54, 1.807) is 18.3 Å². The van der Waals surface area contributed by atoms with E-state index in [0.717, 1.165) is 5.56 Å². The van der Waals surface area contributed by atoms with E-state index < -0.39 is 11.2 Å². The number of carbonyl (C=O) groups is 2. The fraction of sp³-hybridized carbons (Fsp3) is 0.250. The zero-order chi connectivity index (χ0) is 12.2. The van der Waals surface area contributed by atoms with Gasteiger partial charge in [0.15, 0.2) is 11.6 Å². The van der Waals surface area contributed by atoms with Gasteiger partial charge in [-0.25, -0.2) is 0 Å². The highest BCUT2D eigenvalue weighted by Crippen LogP contribution is 2.41. The third kappa shape index (κ3) is 1.35. The van der Waals surface area contributed by atoms with Crippen molar-refractivity contribution >= 4 is 23.3 Å². The van der Waals surface area contributed by atoms with Crippen LogP contribution in [-0.2, 0) is 0 Å². The maximum absolute atomic E-state index is 12.3. The van der Waals surface area contributed by atoms with Crippen LogP contribution in [0.15, 0.2) is 23.4 Å². The lowest BCUT2D eigenvalue weighted by Crippen LogP contribution is -2.37. The van der Waals surface area contributed by atoms with Gasteiger partial charge >= 0.3 is 0 Å². The highest BCUT2D eigenvalue weighted by atomic mass is 32.2.